The van der Waals surface area contributed by atoms with Crippen molar-refractivity contribution in [3.63, 3.8) is 0 Å². The summed E-state index contributed by atoms with van der Waals surface area (Å²) in [6.07, 6.45) is 9.81. The molecule has 1 heteroatoms. The Morgan fingerprint density at radius 1 is 1.73 bits per heavy atom. The fraction of sp³-hybridized carbons (Fsp3) is 0.600. The van der Waals surface area contributed by atoms with Gasteiger partial charge in [0.15, 0.2) is 0 Å². The molecular weight excluding hydrogens is 136 g/mol. The molecule has 0 amide bonds. The zero-order valence-electron chi connectivity index (χ0n) is 6.88. The standard InChI is InChI=1S/C10H14O/c1-2-4-10-5-3-9(11)6-8(10)7-10/h3,5-6,8,11H,2,4,7H2,1H3. The lowest BCUT2D eigenvalue weighted by Crippen LogP contribution is -2.02. The molecule has 0 aromatic rings. The molecule has 0 aromatic carbocycles. The Balaban J connectivity index is 2.10. The largest absolute Gasteiger partial charge is 0.508 e. The topological polar surface area (TPSA) is 20.2 Å². The number of fused-ring (bicyclic) bond motifs is 1. The molecule has 11 heavy (non-hydrogen) atoms. The van der Waals surface area contributed by atoms with Gasteiger partial charge in [0, 0.05) is 0 Å². The van der Waals surface area contributed by atoms with Gasteiger partial charge in [0.25, 0.3) is 0 Å². The number of aliphatic hydroxyl groups excluding tert-OH is 1. The van der Waals surface area contributed by atoms with Gasteiger partial charge in [0.05, 0.1) is 0 Å². The maximum atomic E-state index is 9.16. The van der Waals surface area contributed by atoms with E-state index in [1.807, 2.05) is 12.2 Å². The average molecular weight is 150 g/mol. The summed E-state index contributed by atoms with van der Waals surface area (Å²) >= 11 is 0. The van der Waals surface area contributed by atoms with E-state index >= 15 is 0 Å². The van der Waals surface area contributed by atoms with Crippen LogP contribution in [0.15, 0.2) is 24.0 Å². The highest BCUT2D eigenvalue weighted by molar-refractivity contribution is 5.31. The van der Waals surface area contributed by atoms with Crippen molar-refractivity contribution in [1.29, 1.82) is 0 Å². The Kier molecular flexibility index (Phi) is 1.35. The summed E-state index contributed by atoms with van der Waals surface area (Å²) in [5.74, 6) is 1.10. The zero-order chi connectivity index (χ0) is 7.90. The van der Waals surface area contributed by atoms with Gasteiger partial charge in [-0.05, 0) is 36.3 Å². The molecule has 0 heterocycles. The van der Waals surface area contributed by atoms with Crippen molar-refractivity contribution in [2.45, 2.75) is 26.2 Å². The Hall–Kier alpha value is -0.720. The molecule has 0 radical (unpaired) electrons. The minimum atomic E-state index is 0.458. The van der Waals surface area contributed by atoms with E-state index in [9.17, 15) is 0 Å². The first-order valence-corrected chi connectivity index (χ1v) is 4.37. The van der Waals surface area contributed by atoms with Crippen molar-refractivity contribution in [3.05, 3.63) is 24.0 Å². The smallest absolute Gasteiger partial charge is 0.111 e. The minimum absolute atomic E-state index is 0.458. The summed E-state index contributed by atoms with van der Waals surface area (Å²) < 4.78 is 0. The number of aliphatic hydroxyl groups is 1. The molecule has 2 aliphatic carbocycles. The van der Waals surface area contributed by atoms with Gasteiger partial charge < -0.3 is 5.11 Å². The maximum Gasteiger partial charge on any atom is 0.111 e. The lowest BCUT2D eigenvalue weighted by molar-refractivity contribution is 0.416. The van der Waals surface area contributed by atoms with Gasteiger partial charge in [-0.25, -0.2) is 0 Å². The van der Waals surface area contributed by atoms with Crippen LogP contribution >= 0.6 is 0 Å². The summed E-state index contributed by atoms with van der Waals surface area (Å²) in [5, 5.41) is 9.16. The van der Waals surface area contributed by atoms with Gasteiger partial charge in [-0.2, -0.15) is 0 Å². The predicted octanol–water partition coefficient (Wildman–Crippen LogP) is 2.80. The van der Waals surface area contributed by atoms with Crippen molar-refractivity contribution in [1.82, 2.24) is 0 Å². The summed E-state index contributed by atoms with van der Waals surface area (Å²) in [5.41, 5.74) is 0.459. The van der Waals surface area contributed by atoms with Gasteiger partial charge in [-0.1, -0.05) is 19.4 Å². The molecule has 2 aliphatic rings. The molecule has 2 atom stereocenters. The lowest BCUT2D eigenvalue weighted by atomic mass is 9.94. The van der Waals surface area contributed by atoms with E-state index in [2.05, 4.69) is 13.0 Å². The maximum absolute atomic E-state index is 9.16. The third kappa shape index (κ3) is 0.991. The Morgan fingerprint density at radius 3 is 3.18 bits per heavy atom. The first-order chi connectivity index (χ1) is 5.27. The third-order valence-corrected chi connectivity index (χ3v) is 2.85. The Bertz CT molecular complexity index is 227. The molecule has 1 nitrogen and oxygen atoms in total. The molecule has 2 rings (SSSR count). The Morgan fingerprint density at radius 2 is 2.55 bits per heavy atom. The van der Waals surface area contributed by atoms with Crippen LogP contribution in [0.4, 0.5) is 0 Å². The van der Waals surface area contributed by atoms with Gasteiger partial charge in [0.2, 0.25) is 0 Å². The number of hydrogen-bond acceptors (Lipinski definition) is 1. The molecule has 1 saturated carbocycles. The van der Waals surface area contributed by atoms with E-state index < -0.39 is 0 Å². The lowest BCUT2D eigenvalue weighted by Gasteiger charge is -2.12. The van der Waals surface area contributed by atoms with E-state index in [1.165, 1.54) is 19.3 Å². The quantitative estimate of drug-likeness (QED) is 0.641. The van der Waals surface area contributed by atoms with Crippen LogP contribution in [0.5, 0.6) is 0 Å². The van der Waals surface area contributed by atoms with Crippen LogP contribution in [-0.4, -0.2) is 5.11 Å². The second-order valence-corrected chi connectivity index (χ2v) is 3.72. The van der Waals surface area contributed by atoms with Gasteiger partial charge in [-0.3, -0.25) is 0 Å². The Labute approximate surface area is 67.4 Å². The van der Waals surface area contributed by atoms with Crippen LogP contribution in [0.1, 0.15) is 26.2 Å². The van der Waals surface area contributed by atoms with Crippen molar-refractivity contribution in [3.8, 4) is 0 Å². The first-order valence-electron chi connectivity index (χ1n) is 4.37. The highest BCUT2D eigenvalue weighted by Crippen LogP contribution is 2.59. The molecule has 0 aromatic heterocycles. The fourth-order valence-corrected chi connectivity index (χ4v) is 2.12. The van der Waals surface area contributed by atoms with Crippen LogP contribution < -0.4 is 0 Å². The van der Waals surface area contributed by atoms with E-state index in [0.717, 1.165) is 0 Å². The minimum Gasteiger partial charge on any atom is -0.508 e. The van der Waals surface area contributed by atoms with Crippen LogP contribution in [0.2, 0.25) is 0 Å². The van der Waals surface area contributed by atoms with E-state index in [1.54, 1.807) is 0 Å². The molecule has 0 bridgehead atoms. The number of rotatable bonds is 2. The fourth-order valence-electron chi connectivity index (χ4n) is 2.12. The van der Waals surface area contributed by atoms with Crippen molar-refractivity contribution in [2.75, 3.05) is 0 Å². The highest BCUT2D eigenvalue weighted by Gasteiger charge is 2.51. The molecule has 0 aliphatic heterocycles. The van der Waals surface area contributed by atoms with Crippen LogP contribution in [0, 0.1) is 11.3 Å². The molecule has 0 saturated heterocycles. The van der Waals surface area contributed by atoms with Crippen LogP contribution in [0.25, 0.3) is 0 Å². The average Bonchev–Trinajstić information content (AvgIpc) is 2.63. The monoisotopic (exact) mass is 150 g/mol. The van der Waals surface area contributed by atoms with Crippen molar-refractivity contribution < 1.29 is 5.11 Å². The molecular formula is C10H14O. The second kappa shape index (κ2) is 2.13. The van der Waals surface area contributed by atoms with E-state index in [4.69, 9.17) is 5.11 Å². The molecule has 1 fully saturated rings. The van der Waals surface area contributed by atoms with Gasteiger partial charge >= 0.3 is 0 Å². The van der Waals surface area contributed by atoms with E-state index in [0.29, 0.717) is 17.1 Å². The summed E-state index contributed by atoms with van der Waals surface area (Å²) in [4.78, 5) is 0. The first kappa shape index (κ1) is 6.96. The molecule has 2 unspecified atom stereocenters. The number of hydrogen-bond donors (Lipinski definition) is 1. The predicted molar refractivity (Wildman–Crippen MR) is 45.3 cm³/mol. The number of allylic oxidation sites excluding steroid dienone is 3. The summed E-state index contributed by atoms with van der Waals surface area (Å²) in [6.45, 7) is 2.22. The second-order valence-electron chi connectivity index (χ2n) is 3.72. The van der Waals surface area contributed by atoms with Crippen LogP contribution in [-0.2, 0) is 0 Å². The molecule has 0 spiro atoms. The van der Waals surface area contributed by atoms with Crippen molar-refractivity contribution in [2.24, 2.45) is 11.3 Å². The van der Waals surface area contributed by atoms with Gasteiger partial charge in [-0.15, -0.1) is 0 Å². The normalized spacial score (nSPS) is 39.7. The van der Waals surface area contributed by atoms with E-state index in [-0.39, 0.29) is 0 Å². The van der Waals surface area contributed by atoms with Crippen molar-refractivity contribution >= 4 is 0 Å². The highest BCUT2D eigenvalue weighted by atomic mass is 16.3. The van der Waals surface area contributed by atoms with Gasteiger partial charge in [0.1, 0.15) is 5.76 Å². The third-order valence-electron chi connectivity index (χ3n) is 2.85. The zero-order valence-corrected chi connectivity index (χ0v) is 6.88. The summed E-state index contributed by atoms with van der Waals surface area (Å²) in [7, 11) is 0. The summed E-state index contributed by atoms with van der Waals surface area (Å²) in [6, 6.07) is 0. The molecule has 60 valence electrons. The molecule has 1 N–H and O–H groups in total. The van der Waals surface area contributed by atoms with Crippen LogP contribution in [0.3, 0.4) is 0 Å². The SMILES string of the molecule is CCCC12C=CC(O)=CC1C2.